The zero-order valence-corrected chi connectivity index (χ0v) is 13.2. The number of aryl methyl sites for hydroxylation is 2. The van der Waals surface area contributed by atoms with Gasteiger partial charge in [-0.25, -0.2) is 15.0 Å². The van der Waals surface area contributed by atoms with Crippen LogP contribution in [0.5, 0.6) is 0 Å². The Hall–Kier alpha value is -2.24. The van der Waals surface area contributed by atoms with E-state index in [0.29, 0.717) is 6.04 Å². The van der Waals surface area contributed by atoms with Crippen LogP contribution in [0.2, 0.25) is 0 Å². The van der Waals surface area contributed by atoms with Crippen molar-refractivity contribution in [2.24, 2.45) is 0 Å². The van der Waals surface area contributed by atoms with Crippen molar-refractivity contribution in [1.29, 1.82) is 0 Å². The van der Waals surface area contributed by atoms with E-state index in [1.165, 1.54) is 0 Å². The second-order valence-corrected chi connectivity index (χ2v) is 5.70. The summed E-state index contributed by atoms with van der Waals surface area (Å²) in [6, 6.07) is 2.46. The lowest BCUT2D eigenvalue weighted by Gasteiger charge is -2.34. The number of anilines is 2. The van der Waals surface area contributed by atoms with Crippen molar-refractivity contribution in [3.63, 3.8) is 0 Å². The van der Waals surface area contributed by atoms with Crippen LogP contribution in [0.1, 0.15) is 31.2 Å². The lowest BCUT2D eigenvalue weighted by molar-refractivity contribution is 0.525. The first-order valence-electron chi connectivity index (χ1n) is 7.85. The van der Waals surface area contributed by atoms with Crippen molar-refractivity contribution in [1.82, 2.24) is 19.9 Å². The van der Waals surface area contributed by atoms with Crippen LogP contribution in [0, 0.1) is 6.92 Å². The van der Waals surface area contributed by atoms with Crippen molar-refractivity contribution >= 4 is 11.6 Å². The highest BCUT2D eigenvalue weighted by atomic mass is 15.2. The lowest BCUT2D eigenvalue weighted by atomic mass is 10.1. The van der Waals surface area contributed by atoms with Gasteiger partial charge in [0.15, 0.2) is 0 Å². The van der Waals surface area contributed by atoms with E-state index < -0.39 is 0 Å². The summed E-state index contributed by atoms with van der Waals surface area (Å²) >= 11 is 0. The number of rotatable bonds is 4. The smallest absolute Gasteiger partial charge is 0.145 e. The molecule has 1 fully saturated rings. The van der Waals surface area contributed by atoms with E-state index in [2.05, 4.69) is 43.1 Å². The molecular formula is C16H22N6. The van der Waals surface area contributed by atoms with Crippen LogP contribution in [0.4, 0.5) is 11.6 Å². The molecule has 0 aliphatic carbocycles. The average Bonchev–Trinajstić information content (AvgIpc) is 2.55. The van der Waals surface area contributed by atoms with E-state index in [-0.39, 0.29) is 0 Å². The van der Waals surface area contributed by atoms with Gasteiger partial charge in [-0.1, -0.05) is 6.92 Å². The van der Waals surface area contributed by atoms with Gasteiger partial charge in [0.2, 0.25) is 0 Å². The fourth-order valence-electron chi connectivity index (χ4n) is 2.80. The van der Waals surface area contributed by atoms with Gasteiger partial charge in [0.25, 0.3) is 0 Å². The van der Waals surface area contributed by atoms with Crippen molar-refractivity contribution in [2.45, 2.75) is 39.2 Å². The highest BCUT2D eigenvalue weighted by Crippen LogP contribution is 2.20. The zero-order valence-electron chi connectivity index (χ0n) is 13.2. The van der Waals surface area contributed by atoms with E-state index in [9.17, 15) is 0 Å². The normalized spacial score (nSPS) is 18.3. The predicted molar refractivity (Wildman–Crippen MR) is 87.0 cm³/mol. The van der Waals surface area contributed by atoms with Gasteiger partial charge in [0.05, 0.1) is 11.9 Å². The Bertz CT molecular complexity index is 630. The standard InChI is InChI=1S/C16H22N6/c1-3-13-7-16(19-11-18-13)22-6-4-5-14(10-22)21-15-9-17-8-12(2)20-15/h7-9,11,14H,3-6,10H2,1-2H3,(H,20,21). The first-order valence-corrected chi connectivity index (χ1v) is 7.85. The fourth-order valence-corrected chi connectivity index (χ4v) is 2.80. The highest BCUT2D eigenvalue weighted by Gasteiger charge is 2.21. The molecule has 2 aromatic rings. The Labute approximate surface area is 131 Å². The molecule has 0 amide bonds. The Morgan fingerprint density at radius 2 is 2.23 bits per heavy atom. The van der Waals surface area contributed by atoms with Crippen molar-refractivity contribution < 1.29 is 0 Å². The topological polar surface area (TPSA) is 66.8 Å². The molecule has 3 heterocycles. The number of hydrogen-bond acceptors (Lipinski definition) is 6. The summed E-state index contributed by atoms with van der Waals surface area (Å²) in [6.07, 6.45) is 8.43. The third-order valence-electron chi connectivity index (χ3n) is 3.92. The molecule has 1 saturated heterocycles. The van der Waals surface area contributed by atoms with Crippen LogP contribution in [0.25, 0.3) is 0 Å². The molecule has 6 nitrogen and oxygen atoms in total. The van der Waals surface area contributed by atoms with Crippen molar-refractivity contribution in [3.05, 3.63) is 36.2 Å². The van der Waals surface area contributed by atoms with Crippen molar-refractivity contribution in [3.8, 4) is 0 Å². The highest BCUT2D eigenvalue weighted by molar-refractivity contribution is 5.41. The number of piperidine rings is 1. The average molecular weight is 298 g/mol. The molecule has 1 aliphatic rings. The maximum atomic E-state index is 4.47. The molecule has 1 unspecified atom stereocenters. The molecule has 22 heavy (non-hydrogen) atoms. The summed E-state index contributed by atoms with van der Waals surface area (Å²) in [6.45, 7) is 6.04. The molecule has 0 saturated carbocycles. The van der Waals surface area contributed by atoms with Gasteiger partial charge >= 0.3 is 0 Å². The van der Waals surface area contributed by atoms with Crippen molar-refractivity contribution in [2.75, 3.05) is 23.3 Å². The fraction of sp³-hybridized carbons (Fsp3) is 0.500. The molecule has 1 aliphatic heterocycles. The molecular weight excluding hydrogens is 276 g/mol. The van der Waals surface area contributed by atoms with Gasteiger partial charge in [0.1, 0.15) is 18.0 Å². The van der Waals surface area contributed by atoms with Crippen LogP contribution < -0.4 is 10.2 Å². The van der Waals surface area contributed by atoms with Crippen LogP contribution in [0.15, 0.2) is 24.8 Å². The largest absolute Gasteiger partial charge is 0.364 e. The Balaban J connectivity index is 1.68. The number of aromatic nitrogens is 4. The first kappa shape index (κ1) is 14.7. The molecule has 0 spiro atoms. The van der Waals surface area contributed by atoms with E-state index in [1.54, 1.807) is 18.7 Å². The summed E-state index contributed by atoms with van der Waals surface area (Å²) in [5.41, 5.74) is 2.02. The molecule has 0 radical (unpaired) electrons. The van der Waals surface area contributed by atoms with Crippen LogP contribution in [-0.4, -0.2) is 39.1 Å². The monoisotopic (exact) mass is 298 g/mol. The van der Waals surface area contributed by atoms with E-state index in [1.807, 2.05) is 6.92 Å². The van der Waals surface area contributed by atoms with Gasteiger partial charge < -0.3 is 10.2 Å². The maximum absolute atomic E-state index is 4.47. The minimum Gasteiger partial charge on any atom is -0.364 e. The molecule has 6 heteroatoms. The molecule has 2 aromatic heterocycles. The van der Waals surface area contributed by atoms with Gasteiger partial charge in [-0.15, -0.1) is 0 Å². The third kappa shape index (κ3) is 3.50. The number of nitrogens with one attached hydrogen (secondary N) is 1. The summed E-state index contributed by atoms with van der Waals surface area (Å²) in [5.74, 6) is 1.87. The lowest BCUT2D eigenvalue weighted by Crippen LogP contribution is -2.42. The summed E-state index contributed by atoms with van der Waals surface area (Å²) in [4.78, 5) is 19.7. The summed E-state index contributed by atoms with van der Waals surface area (Å²) in [5, 5.41) is 3.49. The molecule has 1 N–H and O–H groups in total. The predicted octanol–water partition coefficient (Wildman–Crippen LogP) is 2.22. The SMILES string of the molecule is CCc1cc(N2CCCC(Nc3cncc(C)n3)C2)ncn1. The van der Waals surface area contributed by atoms with Crippen LogP contribution in [-0.2, 0) is 6.42 Å². The van der Waals surface area contributed by atoms with Gasteiger partial charge in [-0.2, -0.15) is 0 Å². The van der Waals surface area contributed by atoms with E-state index in [4.69, 9.17) is 0 Å². The summed E-state index contributed by atoms with van der Waals surface area (Å²) < 4.78 is 0. The summed E-state index contributed by atoms with van der Waals surface area (Å²) in [7, 11) is 0. The molecule has 0 aromatic carbocycles. The Morgan fingerprint density at radius 3 is 3.05 bits per heavy atom. The minimum absolute atomic E-state index is 0.366. The third-order valence-corrected chi connectivity index (χ3v) is 3.92. The van der Waals surface area contributed by atoms with Gasteiger partial charge in [-0.3, -0.25) is 4.98 Å². The Morgan fingerprint density at radius 1 is 1.32 bits per heavy atom. The minimum atomic E-state index is 0.366. The maximum Gasteiger partial charge on any atom is 0.145 e. The van der Waals surface area contributed by atoms with Gasteiger partial charge in [0, 0.05) is 37.1 Å². The second kappa shape index (κ2) is 6.68. The quantitative estimate of drug-likeness (QED) is 0.933. The molecule has 1 atom stereocenters. The molecule has 3 rings (SSSR count). The molecule has 116 valence electrons. The van der Waals surface area contributed by atoms with Crippen LogP contribution in [0.3, 0.4) is 0 Å². The second-order valence-electron chi connectivity index (χ2n) is 5.70. The number of nitrogens with zero attached hydrogens (tertiary/aromatic N) is 5. The van der Waals surface area contributed by atoms with Gasteiger partial charge in [-0.05, 0) is 26.2 Å². The molecule has 0 bridgehead atoms. The van der Waals surface area contributed by atoms with E-state index in [0.717, 1.165) is 55.4 Å². The Kier molecular flexibility index (Phi) is 4.46. The number of hydrogen-bond donors (Lipinski definition) is 1. The zero-order chi connectivity index (χ0) is 15.4. The van der Waals surface area contributed by atoms with Crippen LogP contribution >= 0.6 is 0 Å². The first-order chi connectivity index (χ1) is 10.7. The van der Waals surface area contributed by atoms with E-state index >= 15 is 0 Å².